The normalized spacial score (nSPS) is 8.12. The van der Waals surface area contributed by atoms with E-state index >= 15 is 0 Å². The van der Waals surface area contributed by atoms with Crippen LogP contribution in [0.2, 0.25) is 0 Å². The third-order valence-electron chi connectivity index (χ3n) is 0.211. The molecular formula is C2H7NaO4S. The van der Waals surface area contributed by atoms with Gasteiger partial charge in [0.25, 0.3) is 10.1 Å². The molecule has 0 heterocycles. The summed E-state index contributed by atoms with van der Waals surface area (Å²) in [6.07, 6.45) is 0. The molecule has 0 aromatic carbocycles. The van der Waals surface area contributed by atoms with Gasteiger partial charge in [-0.3, -0.25) is 4.55 Å². The van der Waals surface area contributed by atoms with Crippen LogP contribution in [0.1, 0.15) is 0 Å². The Bertz CT molecular complexity index is 125. The van der Waals surface area contributed by atoms with Crippen LogP contribution in [0.4, 0.5) is 0 Å². The van der Waals surface area contributed by atoms with E-state index in [2.05, 4.69) is 6.58 Å². The Kier molecular flexibility index (Phi) is 11.4. The Labute approximate surface area is 69.9 Å². The van der Waals surface area contributed by atoms with Gasteiger partial charge in [0.1, 0.15) is 0 Å². The van der Waals surface area contributed by atoms with Gasteiger partial charge in [-0.25, -0.2) is 0 Å². The van der Waals surface area contributed by atoms with E-state index in [1.54, 1.807) is 0 Å². The Morgan fingerprint density at radius 2 is 1.62 bits per heavy atom. The Morgan fingerprint density at radius 3 is 1.62 bits per heavy atom. The average Bonchev–Trinajstić information content (AvgIpc) is 1.35. The molecule has 46 valence electrons. The van der Waals surface area contributed by atoms with Crippen LogP contribution in [0.5, 0.6) is 0 Å². The summed E-state index contributed by atoms with van der Waals surface area (Å²) in [6.45, 7) is 2.79. The van der Waals surface area contributed by atoms with Gasteiger partial charge in [-0.1, -0.05) is 6.58 Å². The molecule has 0 fully saturated rings. The van der Waals surface area contributed by atoms with Crippen molar-refractivity contribution < 1.29 is 18.4 Å². The first-order valence-corrected chi connectivity index (χ1v) is 2.66. The third kappa shape index (κ3) is 16.0. The molecule has 0 amide bonds. The van der Waals surface area contributed by atoms with Crippen molar-refractivity contribution in [1.29, 1.82) is 0 Å². The van der Waals surface area contributed by atoms with Crippen LogP contribution in [0.15, 0.2) is 12.0 Å². The minimum atomic E-state index is -3.90. The van der Waals surface area contributed by atoms with Gasteiger partial charge in [-0.05, 0) is 0 Å². The maximum absolute atomic E-state index is 9.44. The van der Waals surface area contributed by atoms with E-state index in [1.807, 2.05) is 0 Å². The van der Waals surface area contributed by atoms with Gasteiger partial charge in [-0.15, -0.1) is 0 Å². The van der Waals surface area contributed by atoms with Gasteiger partial charge < -0.3 is 5.48 Å². The number of hydrogen-bond donors (Lipinski definition) is 1. The summed E-state index contributed by atoms with van der Waals surface area (Å²) in [6, 6.07) is 0. The van der Waals surface area contributed by atoms with Gasteiger partial charge in [-0.2, -0.15) is 8.42 Å². The third-order valence-corrected chi connectivity index (χ3v) is 0.632. The fourth-order valence-electron chi connectivity index (χ4n) is 0. The van der Waals surface area contributed by atoms with Crippen molar-refractivity contribution in [3.63, 3.8) is 0 Å². The molecule has 3 N–H and O–H groups in total. The van der Waals surface area contributed by atoms with E-state index in [1.165, 1.54) is 0 Å². The predicted octanol–water partition coefficient (Wildman–Crippen LogP) is -1.46. The SMILES string of the molecule is C=CS(=O)(=O)O.O.[NaH]. The molecule has 0 spiro atoms. The molecule has 4 nitrogen and oxygen atoms in total. The molecule has 0 aliphatic heterocycles. The number of rotatable bonds is 1. The van der Waals surface area contributed by atoms with Crippen molar-refractivity contribution in [3.05, 3.63) is 12.0 Å². The van der Waals surface area contributed by atoms with E-state index < -0.39 is 10.1 Å². The molecule has 0 aromatic rings. The fraction of sp³-hybridized carbons (Fsp3) is 0. The number of hydrogen-bond acceptors (Lipinski definition) is 2. The van der Waals surface area contributed by atoms with E-state index in [-0.39, 0.29) is 35.0 Å². The van der Waals surface area contributed by atoms with Gasteiger partial charge in [0, 0.05) is 0 Å². The van der Waals surface area contributed by atoms with Gasteiger partial charge >= 0.3 is 29.6 Å². The second kappa shape index (κ2) is 5.74. The molecule has 8 heavy (non-hydrogen) atoms. The zero-order valence-electron chi connectivity index (χ0n) is 3.46. The standard InChI is InChI=1S/C2H4O3S.Na.H2O.H/c1-2-6(3,4)5;;;/h2H,1H2,(H,3,4,5);;1H2;. The molecule has 0 saturated carbocycles. The summed E-state index contributed by atoms with van der Waals surface area (Å²) in [4.78, 5) is 0. The van der Waals surface area contributed by atoms with Crippen LogP contribution in [0.25, 0.3) is 0 Å². The second-order valence-electron chi connectivity index (χ2n) is 0.682. The van der Waals surface area contributed by atoms with Crippen molar-refractivity contribution in [3.8, 4) is 0 Å². The molecule has 0 aliphatic carbocycles. The minimum absolute atomic E-state index is 0. The van der Waals surface area contributed by atoms with E-state index in [9.17, 15) is 8.42 Å². The van der Waals surface area contributed by atoms with Gasteiger partial charge in [0.2, 0.25) is 0 Å². The first kappa shape index (κ1) is 15.8. The fourth-order valence-corrected chi connectivity index (χ4v) is 0. The van der Waals surface area contributed by atoms with E-state index in [0.717, 1.165) is 0 Å². The van der Waals surface area contributed by atoms with E-state index in [4.69, 9.17) is 4.55 Å². The van der Waals surface area contributed by atoms with E-state index in [0.29, 0.717) is 5.41 Å². The molecule has 0 atom stereocenters. The second-order valence-corrected chi connectivity index (χ2v) is 2.04. The summed E-state index contributed by atoms with van der Waals surface area (Å²) < 4.78 is 26.6. The molecule has 0 unspecified atom stereocenters. The quantitative estimate of drug-likeness (QED) is 0.366. The molecular weight excluding hydrogens is 143 g/mol. The monoisotopic (exact) mass is 150 g/mol. The Hall–Kier alpha value is 0.610. The topological polar surface area (TPSA) is 85.9 Å². The Balaban J connectivity index is -0.000000125. The van der Waals surface area contributed by atoms with Crippen LogP contribution in [0.3, 0.4) is 0 Å². The van der Waals surface area contributed by atoms with Crippen molar-refractivity contribution in [2.75, 3.05) is 0 Å². The van der Waals surface area contributed by atoms with Gasteiger partial charge in [0.05, 0.1) is 5.41 Å². The maximum atomic E-state index is 9.44. The van der Waals surface area contributed by atoms with Crippen LogP contribution in [-0.2, 0) is 10.1 Å². The molecule has 0 aliphatic rings. The molecule has 0 bridgehead atoms. The van der Waals surface area contributed by atoms with Crippen molar-refractivity contribution >= 4 is 39.7 Å². The van der Waals surface area contributed by atoms with Crippen LogP contribution >= 0.6 is 0 Å². The van der Waals surface area contributed by atoms with Crippen LogP contribution < -0.4 is 0 Å². The van der Waals surface area contributed by atoms with Crippen molar-refractivity contribution in [2.24, 2.45) is 0 Å². The zero-order chi connectivity index (χ0) is 5.21. The molecule has 0 radical (unpaired) electrons. The molecule has 0 saturated heterocycles. The van der Waals surface area contributed by atoms with Crippen molar-refractivity contribution in [2.45, 2.75) is 0 Å². The molecule has 0 aromatic heterocycles. The summed E-state index contributed by atoms with van der Waals surface area (Å²) in [7, 11) is -3.90. The summed E-state index contributed by atoms with van der Waals surface area (Å²) in [5, 5.41) is 0.465. The predicted molar refractivity (Wildman–Crippen MR) is 32.5 cm³/mol. The Morgan fingerprint density at radius 1 is 1.50 bits per heavy atom. The zero-order valence-corrected chi connectivity index (χ0v) is 4.27. The average molecular weight is 150 g/mol. The first-order valence-electron chi connectivity index (χ1n) is 1.16. The molecule has 6 heteroatoms. The van der Waals surface area contributed by atoms with Crippen LogP contribution in [-0.4, -0.2) is 48.0 Å². The summed E-state index contributed by atoms with van der Waals surface area (Å²) in [5.74, 6) is 0. The molecule has 0 rings (SSSR count). The summed E-state index contributed by atoms with van der Waals surface area (Å²) >= 11 is 0. The summed E-state index contributed by atoms with van der Waals surface area (Å²) in [5.41, 5.74) is 0. The van der Waals surface area contributed by atoms with Crippen LogP contribution in [0, 0.1) is 0 Å². The van der Waals surface area contributed by atoms with Gasteiger partial charge in [0.15, 0.2) is 0 Å². The first-order chi connectivity index (χ1) is 2.56. The van der Waals surface area contributed by atoms with Crippen molar-refractivity contribution in [1.82, 2.24) is 0 Å².